The van der Waals surface area contributed by atoms with Gasteiger partial charge in [-0.3, -0.25) is 0 Å². The molecule has 0 amide bonds. The third kappa shape index (κ3) is 4.06. The van der Waals surface area contributed by atoms with Gasteiger partial charge in [-0.1, -0.05) is 35.8 Å². The summed E-state index contributed by atoms with van der Waals surface area (Å²) in [6, 6.07) is 6.11. The molecule has 0 saturated heterocycles. The van der Waals surface area contributed by atoms with Gasteiger partial charge in [0.2, 0.25) is 0 Å². The van der Waals surface area contributed by atoms with Crippen molar-refractivity contribution in [3.63, 3.8) is 0 Å². The van der Waals surface area contributed by atoms with E-state index in [1.807, 2.05) is 12.1 Å². The molecule has 0 aliphatic heterocycles. The second kappa shape index (κ2) is 6.16. The van der Waals surface area contributed by atoms with E-state index < -0.39 is 0 Å². The number of hydrogen-bond donors (Lipinski definition) is 1. The number of halogens is 2. The lowest BCUT2D eigenvalue weighted by Gasteiger charge is -2.20. The van der Waals surface area contributed by atoms with Crippen molar-refractivity contribution in [2.75, 3.05) is 6.54 Å². The predicted octanol–water partition coefficient (Wildman–Crippen LogP) is 4.15. The van der Waals surface area contributed by atoms with Crippen molar-refractivity contribution in [1.29, 1.82) is 0 Å². The second-order valence-corrected chi connectivity index (χ2v) is 6.49. The molecule has 18 heavy (non-hydrogen) atoms. The van der Waals surface area contributed by atoms with Crippen LogP contribution in [0.1, 0.15) is 32.3 Å². The molecule has 1 aliphatic carbocycles. The van der Waals surface area contributed by atoms with Crippen LogP contribution in [0.25, 0.3) is 0 Å². The lowest BCUT2D eigenvalue weighted by Crippen LogP contribution is -2.27. The summed E-state index contributed by atoms with van der Waals surface area (Å²) in [6.45, 7) is 5.50. The molecule has 2 rings (SSSR count). The van der Waals surface area contributed by atoms with Gasteiger partial charge in [0.05, 0.1) is 0 Å². The van der Waals surface area contributed by atoms with Gasteiger partial charge in [-0.25, -0.2) is 4.39 Å². The molecule has 2 unspecified atom stereocenters. The zero-order valence-corrected chi connectivity index (χ0v) is 12.6. The van der Waals surface area contributed by atoms with Gasteiger partial charge in [-0.2, -0.15) is 0 Å². The maximum Gasteiger partial charge on any atom is 0.127 e. The van der Waals surface area contributed by atoms with Gasteiger partial charge in [-0.15, -0.1) is 0 Å². The van der Waals surface area contributed by atoms with Gasteiger partial charge >= 0.3 is 0 Å². The number of hydrogen-bond acceptors (Lipinski definition) is 1. The SMILES string of the molecule is CC(CNC1CC1)C(C)Cc1ccc(Br)cc1F. The van der Waals surface area contributed by atoms with Crippen molar-refractivity contribution in [3.05, 3.63) is 34.1 Å². The molecular weight excluding hydrogens is 293 g/mol. The Bertz CT molecular complexity index is 403. The van der Waals surface area contributed by atoms with E-state index in [4.69, 9.17) is 0 Å². The van der Waals surface area contributed by atoms with Crippen molar-refractivity contribution in [3.8, 4) is 0 Å². The minimum absolute atomic E-state index is 0.0985. The van der Waals surface area contributed by atoms with E-state index in [1.54, 1.807) is 6.07 Å². The molecule has 0 aromatic heterocycles. The lowest BCUT2D eigenvalue weighted by atomic mass is 9.89. The number of rotatable bonds is 6. The second-order valence-electron chi connectivity index (χ2n) is 5.58. The molecule has 1 fully saturated rings. The summed E-state index contributed by atoms with van der Waals surface area (Å²) in [5.41, 5.74) is 0.823. The zero-order valence-electron chi connectivity index (χ0n) is 11.0. The van der Waals surface area contributed by atoms with Crippen LogP contribution in [-0.4, -0.2) is 12.6 Å². The number of nitrogens with one attached hydrogen (secondary N) is 1. The highest BCUT2D eigenvalue weighted by Crippen LogP contribution is 2.23. The van der Waals surface area contributed by atoms with Gasteiger partial charge < -0.3 is 5.32 Å². The van der Waals surface area contributed by atoms with Gasteiger partial charge in [0.15, 0.2) is 0 Å². The van der Waals surface area contributed by atoms with E-state index >= 15 is 0 Å². The maximum absolute atomic E-state index is 13.8. The Balaban J connectivity index is 1.86. The van der Waals surface area contributed by atoms with Crippen LogP contribution < -0.4 is 5.32 Å². The molecule has 1 nitrogen and oxygen atoms in total. The Morgan fingerprint density at radius 2 is 2.06 bits per heavy atom. The summed E-state index contributed by atoms with van der Waals surface area (Å²) < 4.78 is 14.6. The molecule has 0 heterocycles. The first-order valence-electron chi connectivity index (χ1n) is 6.73. The first-order chi connectivity index (χ1) is 8.56. The van der Waals surface area contributed by atoms with E-state index in [0.717, 1.165) is 29.0 Å². The van der Waals surface area contributed by atoms with Crippen LogP contribution in [0.3, 0.4) is 0 Å². The first-order valence-corrected chi connectivity index (χ1v) is 7.53. The molecule has 1 aliphatic rings. The Hall–Kier alpha value is -0.410. The Kier molecular flexibility index (Phi) is 4.79. The standard InChI is InChI=1S/C15H21BrFN/c1-10(11(2)9-18-14-5-6-14)7-12-3-4-13(16)8-15(12)17/h3-4,8,10-11,14,18H,5-7,9H2,1-2H3. The molecular formula is C15H21BrFN. The van der Waals surface area contributed by atoms with Crippen LogP contribution in [0.15, 0.2) is 22.7 Å². The fourth-order valence-corrected chi connectivity index (χ4v) is 2.41. The fraction of sp³-hybridized carbons (Fsp3) is 0.600. The van der Waals surface area contributed by atoms with Crippen LogP contribution >= 0.6 is 15.9 Å². The van der Waals surface area contributed by atoms with Gasteiger partial charge in [0.1, 0.15) is 5.82 Å². The smallest absolute Gasteiger partial charge is 0.127 e. The predicted molar refractivity (Wildman–Crippen MR) is 77.2 cm³/mol. The fourth-order valence-electron chi connectivity index (χ4n) is 2.08. The molecule has 1 saturated carbocycles. The molecule has 1 N–H and O–H groups in total. The average molecular weight is 314 g/mol. The quantitative estimate of drug-likeness (QED) is 0.831. The Morgan fingerprint density at radius 1 is 1.33 bits per heavy atom. The van der Waals surface area contributed by atoms with Crippen molar-refractivity contribution >= 4 is 15.9 Å². The molecule has 3 heteroatoms. The molecule has 0 radical (unpaired) electrons. The molecule has 100 valence electrons. The monoisotopic (exact) mass is 313 g/mol. The van der Waals surface area contributed by atoms with Crippen molar-refractivity contribution in [2.45, 2.75) is 39.2 Å². The first kappa shape index (κ1) is 14.0. The average Bonchev–Trinajstić information content (AvgIpc) is 3.13. The minimum Gasteiger partial charge on any atom is -0.314 e. The highest BCUT2D eigenvalue weighted by atomic mass is 79.9. The summed E-state index contributed by atoms with van der Waals surface area (Å²) in [5, 5.41) is 3.55. The summed E-state index contributed by atoms with van der Waals surface area (Å²) in [4.78, 5) is 0. The maximum atomic E-state index is 13.8. The van der Waals surface area contributed by atoms with E-state index in [0.29, 0.717) is 11.8 Å². The molecule has 2 atom stereocenters. The Labute approximate surface area is 117 Å². The van der Waals surface area contributed by atoms with Crippen LogP contribution in [0.5, 0.6) is 0 Å². The summed E-state index contributed by atoms with van der Waals surface area (Å²) in [7, 11) is 0. The van der Waals surface area contributed by atoms with E-state index in [9.17, 15) is 4.39 Å². The van der Waals surface area contributed by atoms with E-state index in [-0.39, 0.29) is 5.82 Å². The zero-order chi connectivity index (χ0) is 13.1. The highest BCUT2D eigenvalue weighted by Gasteiger charge is 2.22. The molecule has 0 bridgehead atoms. The van der Waals surface area contributed by atoms with Crippen LogP contribution in [0.4, 0.5) is 4.39 Å². The van der Waals surface area contributed by atoms with Gasteiger partial charge in [0.25, 0.3) is 0 Å². The van der Waals surface area contributed by atoms with Crippen molar-refractivity contribution < 1.29 is 4.39 Å². The Morgan fingerprint density at radius 3 is 2.67 bits per heavy atom. The van der Waals surface area contributed by atoms with Crippen molar-refractivity contribution in [1.82, 2.24) is 5.32 Å². The van der Waals surface area contributed by atoms with Crippen LogP contribution in [-0.2, 0) is 6.42 Å². The number of benzene rings is 1. The van der Waals surface area contributed by atoms with Gasteiger partial charge in [0, 0.05) is 10.5 Å². The molecule has 0 spiro atoms. The van der Waals surface area contributed by atoms with E-state index in [1.165, 1.54) is 12.8 Å². The third-order valence-electron chi connectivity index (χ3n) is 3.83. The minimum atomic E-state index is -0.0985. The highest BCUT2D eigenvalue weighted by molar-refractivity contribution is 9.10. The summed E-state index contributed by atoms with van der Waals surface area (Å²) in [5.74, 6) is 0.971. The van der Waals surface area contributed by atoms with Crippen LogP contribution in [0.2, 0.25) is 0 Å². The molecule has 1 aromatic rings. The normalized spacial score (nSPS) is 18.7. The molecule has 1 aromatic carbocycles. The van der Waals surface area contributed by atoms with Gasteiger partial charge in [-0.05, 0) is 55.3 Å². The third-order valence-corrected chi connectivity index (χ3v) is 4.33. The lowest BCUT2D eigenvalue weighted by molar-refractivity contribution is 0.360. The van der Waals surface area contributed by atoms with Crippen LogP contribution in [0, 0.1) is 17.7 Å². The summed E-state index contributed by atoms with van der Waals surface area (Å²) in [6.07, 6.45) is 3.46. The summed E-state index contributed by atoms with van der Waals surface area (Å²) >= 11 is 3.29. The van der Waals surface area contributed by atoms with Crippen molar-refractivity contribution in [2.24, 2.45) is 11.8 Å². The largest absolute Gasteiger partial charge is 0.314 e. The van der Waals surface area contributed by atoms with E-state index in [2.05, 4.69) is 35.1 Å². The topological polar surface area (TPSA) is 12.0 Å².